The molecule has 0 unspecified atom stereocenters. The normalized spacial score (nSPS) is 10.0. The molecule has 0 heterocycles. The van der Waals surface area contributed by atoms with Gasteiger partial charge in [0, 0.05) is 33.2 Å². The second-order valence-corrected chi connectivity index (χ2v) is 2.94. The van der Waals surface area contributed by atoms with Gasteiger partial charge in [-0.2, -0.15) is 0 Å². The lowest BCUT2D eigenvalue weighted by Crippen LogP contribution is -2.26. The molecular weight excluding hydrogens is 168 g/mol. The summed E-state index contributed by atoms with van der Waals surface area (Å²) in [5, 5.41) is 2.80. The Labute approximate surface area is 79.8 Å². The van der Waals surface area contributed by atoms with E-state index in [2.05, 4.69) is 5.32 Å². The zero-order valence-electron chi connectivity index (χ0n) is 8.34. The topological polar surface area (TPSA) is 64.3 Å². The minimum Gasteiger partial charge on any atom is -0.385 e. The van der Waals surface area contributed by atoms with Crippen molar-refractivity contribution in [2.45, 2.75) is 25.7 Å². The molecule has 0 radical (unpaired) electrons. The summed E-state index contributed by atoms with van der Waals surface area (Å²) in [6, 6.07) is 0. The molecule has 0 aromatic rings. The molecule has 1 amide bonds. The van der Waals surface area contributed by atoms with Crippen molar-refractivity contribution >= 4 is 5.91 Å². The highest BCUT2D eigenvalue weighted by atomic mass is 16.5. The van der Waals surface area contributed by atoms with Gasteiger partial charge < -0.3 is 15.8 Å². The number of hydrogen-bond acceptors (Lipinski definition) is 3. The van der Waals surface area contributed by atoms with Crippen molar-refractivity contribution in [3.63, 3.8) is 0 Å². The number of rotatable bonds is 8. The van der Waals surface area contributed by atoms with Crippen LogP contribution in [0.1, 0.15) is 25.7 Å². The molecule has 0 saturated heterocycles. The Balaban J connectivity index is 3.02. The molecule has 0 fully saturated rings. The molecule has 13 heavy (non-hydrogen) atoms. The van der Waals surface area contributed by atoms with E-state index in [1.54, 1.807) is 7.11 Å². The molecule has 0 aromatic carbocycles. The lowest BCUT2D eigenvalue weighted by Gasteiger charge is -2.03. The maximum absolute atomic E-state index is 10.9. The predicted octanol–water partition coefficient (Wildman–Crippen LogP) is 0.268. The van der Waals surface area contributed by atoms with E-state index in [9.17, 15) is 4.79 Å². The first-order valence-electron chi connectivity index (χ1n) is 4.77. The van der Waals surface area contributed by atoms with E-state index in [1.165, 1.54) is 0 Å². The van der Waals surface area contributed by atoms with Crippen molar-refractivity contribution in [2.75, 3.05) is 26.8 Å². The van der Waals surface area contributed by atoms with Gasteiger partial charge in [-0.05, 0) is 19.3 Å². The van der Waals surface area contributed by atoms with Crippen molar-refractivity contribution in [3.8, 4) is 0 Å². The highest BCUT2D eigenvalue weighted by molar-refractivity contribution is 5.75. The fourth-order valence-corrected chi connectivity index (χ4v) is 0.995. The standard InChI is InChI=1S/C9H20N2O2/c1-13-8-4-2-3-7-11-9(12)5-6-10/h2-8,10H2,1H3,(H,11,12). The lowest BCUT2D eigenvalue weighted by molar-refractivity contribution is -0.120. The van der Waals surface area contributed by atoms with Crippen molar-refractivity contribution in [3.05, 3.63) is 0 Å². The summed E-state index contributed by atoms with van der Waals surface area (Å²) in [5.74, 6) is 0.0502. The Morgan fingerprint density at radius 2 is 2.15 bits per heavy atom. The third-order valence-electron chi connectivity index (χ3n) is 1.72. The second-order valence-electron chi connectivity index (χ2n) is 2.94. The van der Waals surface area contributed by atoms with Crippen LogP contribution in [0.25, 0.3) is 0 Å². The van der Waals surface area contributed by atoms with Gasteiger partial charge >= 0.3 is 0 Å². The molecule has 0 aliphatic rings. The van der Waals surface area contributed by atoms with Crippen molar-refractivity contribution in [1.82, 2.24) is 5.32 Å². The van der Waals surface area contributed by atoms with Gasteiger partial charge in [-0.3, -0.25) is 4.79 Å². The van der Waals surface area contributed by atoms with Gasteiger partial charge in [0.15, 0.2) is 0 Å². The van der Waals surface area contributed by atoms with Crippen molar-refractivity contribution < 1.29 is 9.53 Å². The molecule has 0 aliphatic carbocycles. The number of methoxy groups -OCH3 is 1. The first-order chi connectivity index (χ1) is 6.31. The van der Waals surface area contributed by atoms with Gasteiger partial charge in [0.1, 0.15) is 0 Å². The first kappa shape index (κ1) is 12.4. The van der Waals surface area contributed by atoms with E-state index in [4.69, 9.17) is 10.5 Å². The lowest BCUT2D eigenvalue weighted by atomic mass is 10.2. The zero-order chi connectivity index (χ0) is 9.94. The van der Waals surface area contributed by atoms with Gasteiger partial charge in [-0.1, -0.05) is 0 Å². The maximum atomic E-state index is 10.9. The maximum Gasteiger partial charge on any atom is 0.221 e. The largest absolute Gasteiger partial charge is 0.385 e. The van der Waals surface area contributed by atoms with E-state index in [0.717, 1.165) is 32.4 Å². The van der Waals surface area contributed by atoms with Crippen molar-refractivity contribution in [2.24, 2.45) is 5.73 Å². The third-order valence-corrected chi connectivity index (χ3v) is 1.72. The molecule has 0 aliphatic heterocycles. The number of carbonyl (C=O) groups is 1. The highest BCUT2D eigenvalue weighted by Gasteiger charge is 1.96. The first-order valence-corrected chi connectivity index (χ1v) is 4.77. The van der Waals surface area contributed by atoms with Crippen LogP contribution in [0.2, 0.25) is 0 Å². The van der Waals surface area contributed by atoms with Crippen LogP contribution in [0.3, 0.4) is 0 Å². The smallest absolute Gasteiger partial charge is 0.221 e. The summed E-state index contributed by atoms with van der Waals surface area (Å²) < 4.78 is 4.90. The Kier molecular flexibility index (Phi) is 9.03. The van der Waals surface area contributed by atoms with Gasteiger partial charge in [0.05, 0.1) is 0 Å². The van der Waals surface area contributed by atoms with Crippen LogP contribution in [-0.4, -0.2) is 32.7 Å². The number of carbonyl (C=O) groups excluding carboxylic acids is 1. The average Bonchev–Trinajstić information content (AvgIpc) is 2.11. The van der Waals surface area contributed by atoms with Crippen LogP contribution in [0.4, 0.5) is 0 Å². The van der Waals surface area contributed by atoms with E-state index in [0.29, 0.717) is 13.0 Å². The summed E-state index contributed by atoms with van der Waals surface area (Å²) in [7, 11) is 1.70. The predicted molar refractivity (Wildman–Crippen MR) is 52.4 cm³/mol. The summed E-state index contributed by atoms with van der Waals surface area (Å²) in [6.45, 7) is 1.98. The van der Waals surface area contributed by atoms with Crippen LogP contribution in [-0.2, 0) is 9.53 Å². The van der Waals surface area contributed by atoms with Crippen molar-refractivity contribution in [1.29, 1.82) is 0 Å². The molecule has 0 atom stereocenters. The molecule has 0 bridgehead atoms. The van der Waals surface area contributed by atoms with Crippen LogP contribution >= 0.6 is 0 Å². The number of hydrogen-bond donors (Lipinski definition) is 2. The fourth-order valence-electron chi connectivity index (χ4n) is 0.995. The molecule has 4 nitrogen and oxygen atoms in total. The van der Waals surface area contributed by atoms with Crippen LogP contribution in [0.15, 0.2) is 0 Å². The number of unbranched alkanes of at least 4 members (excludes halogenated alkanes) is 2. The number of ether oxygens (including phenoxy) is 1. The van der Waals surface area contributed by atoms with Gasteiger partial charge in [-0.15, -0.1) is 0 Å². The SMILES string of the molecule is COCCCCCNC(=O)CCN. The Morgan fingerprint density at radius 3 is 2.77 bits per heavy atom. The zero-order valence-corrected chi connectivity index (χ0v) is 8.34. The van der Waals surface area contributed by atoms with E-state index in [-0.39, 0.29) is 5.91 Å². The second kappa shape index (κ2) is 9.48. The summed E-state index contributed by atoms with van der Waals surface area (Å²) >= 11 is 0. The van der Waals surface area contributed by atoms with Gasteiger partial charge in [0.25, 0.3) is 0 Å². The molecule has 3 N–H and O–H groups in total. The minimum absolute atomic E-state index is 0.0502. The number of nitrogens with one attached hydrogen (secondary N) is 1. The van der Waals surface area contributed by atoms with Crippen LogP contribution < -0.4 is 11.1 Å². The Morgan fingerprint density at radius 1 is 1.38 bits per heavy atom. The average molecular weight is 188 g/mol. The molecule has 0 spiro atoms. The molecule has 78 valence electrons. The molecule has 4 heteroatoms. The van der Waals surface area contributed by atoms with Gasteiger partial charge in [0.2, 0.25) is 5.91 Å². The molecule has 0 aromatic heterocycles. The monoisotopic (exact) mass is 188 g/mol. The summed E-state index contributed by atoms with van der Waals surface area (Å²) in [5.41, 5.74) is 5.22. The molecule has 0 saturated carbocycles. The third kappa shape index (κ3) is 9.30. The summed E-state index contributed by atoms with van der Waals surface area (Å²) in [6.07, 6.45) is 3.59. The number of nitrogens with two attached hydrogens (primary N) is 1. The van der Waals surface area contributed by atoms with E-state index >= 15 is 0 Å². The Hall–Kier alpha value is -0.610. The molecular formula is C9H20N2O2. The molecule has 0 rings (SSSR count). The van der Waals surface area contributed by atoms with E-state index < -0.39 is 0 Å². The summed E-state index contributed by atoms with van der Waals surface area (Å²) in [4.78, 5) is 10.9. The van der Waals surface area contributed by atoms with Crippen LogP contribution in [0, 0.1) is 0 Å². The Bertz CT molecular complexity index is 129. The fraction of sp³-hybridized carbons (Fsp3) is 0.889. The minimum atomic E-state index is 0.0502. The quantitative estimate of drug-likeness (QED) is 0.537. The van der Waals surface area contributed by atoms with Crippen LogP contribution in [0.5, 0.6) is 0 Å². The van der Waals surface area contributed by atoms with Gasteiger partial charge in [-0.25, -0.2) is 0 Å². The number of amides is 1. The van der Waals surface area contributed by atoms with E-state index in [1.807, 2.05) is 0 Å². The highest BCUT2D eigenvalue weighted by Crippen LogP contribution is 1.93.